The van der Waals surface area contributed by atoms with Gasteiger partial charge in [0.25, 0.3) is 5.91 Å². The maximum absolute atomic E-state index is 11.9. The molecule has 0 radical (unpaired) electrons. The molecule has 0 saturated heterocycles. The van der Waals surface area contributed by atoms with Crippen molar-refractivity contribution in [2.45, 2.75) is 13.0 Å². The van der Waals surface area contributed by atoms with Crippen molar-refractivity contribution in [2.24, 2.45) is 0 Å². The summed E-state index contributed by atoms with van der Waals surface area (Å²) in [6, 6.07) is 5.17. The van der Waals surface area contributed by atoms with E-state index in [-0.39, 0.29) is 24.4 Å². The van der Waals surface area contributed by atoms with Gasteiger partial charge in [-0.2, -0.15) is 0 Å². The van der Waals surface area contributed by atoms with Gasteiger partial charge in [-0.1, -0.05) is 0 Å². The molecular formula is C15H15N3O4. The molecule has 22 heavy (non-hydrogen) atoms. The van der Waals surface area contributed by atoms with Gasteiger partial charge in [-0.15, -0.1) is 0 Å². The van der Waals surface area contributed by atoms with E-state index in [1.165, 1.54) is 18.6 Å². The van der Waals surface area contributed by atoms with Crippen LogP contribution in [0.5, 0.6) is 17.2 Å². The maximum atomic E-state index is 11.9. The van der Waals surface area contributed by atoms with Crippen LogP contribution in [0.2, 0.25) is 0 Å². The Hall–Kier alpha value is -2.83. The molecule has 2 aromatic rings. The van der Waals surface area contributed by atoms with Crippen LogP contribution in [0.15, 0.2) is 36.8 Å². The third kappa shape index (κ3) is 3.25. The number of amides is 1. The summed E-state index contributed by atoms with van der Waals surface area (Å²) < 4.78 is 16.2. The first-order chi connectivity index (χ1) is 10.7. The van der Waals surface area contributed by atoms with E-state index in [0.29, 0.717) is 23.9 Å². The van der Waals surface area contributed by atoms with Crippen LogP contribution in [0.1, 0.15) is 17.4 Å². The highest BCUT2D eigenvalue weighted by Crippen LogP contribution is 2.35. The molecule has 1 aromatic heterocycles. The van der Waals surface area contributed by atoms with Crippen LogP contribution in [-0.4, -0.2) is 35.3 Å². The summed E-state index contributed by atoms with van der Waals surface area (Å²) >= 11 is 0. The Morgan fingerprint density at radius 2 is 2.23 bits per heavy atom. The van der Waals surface area contributed by atoms with E-state index in [1.54, 1.807) is 18.2 Å². The normalized spacial score (nSPS) is 13.5. The monoisotopic (exact) mass is 301 g/mol. The molecule has 7 heteroatoms. The zero-order valence-corrected chi connectivity index (χ0v) is 12.0. The number of carbonyl (C=O) groups excluding carboxylic acids is 1. The number of aromatic nitrogens is 2. The minimum absolute atomic E-state index is 0.181. The Balaban J connectivity index is 1.52. The Morgan fingerprint density at radius 3 is 3.05 bits per heavy atom. The zero-order valence-electron chi connectivity index (χ0n) is 12.0. The van der Waals surface area contributed by atoms with E-state index >= 15 is 0 Å². The molecule has 2 heterocycles. The molecule has 1 atom stereocenters. The fourth-order valence-corrected chi connectivity index (χ4v) is 1.94. The third-order valence-corrected chi connectivity index (χ3v) is 3.02. The van der Waals surface area contributed by atoms with E-state index in [4.69, 9.17) is 14.2 Å². The molecule has 0 bridgehead atoms. The Labute approximate surface area is 127 Å². The predicted molar refractivity (Wildman–Crippen MR) is 77.0 cm³/mol. The topological polar surface area (TPSA) is 82.6 Å². The van der Waals surface area contributed by atoms with Crippen LogP contribution in [0, 0.1) is 0 Å². The van der Waals surface area contributed by atoms with E-state index in [9.17, 15) is 4.79 Å². The van der Waals surface area contributed by atoms with Gasteiger partial charge >= 0.3 is 0 Å². The summed E-state index contributed by atoms with van der Waals surface area (Å²) in [6.45, 7) is 2.40. The first kappa shape index (κ1) is 14.1. The van der Waals surface area contributed by atoms with Crippen molar-refractivity contribution in [3.05, 3.63) is 42.5 Å². The van der Waals surface area contributed by atoms with Gasteiger partial charge in [0.1, 0.15) is 18.1 Å². The Bertz CT molecular complexity index is 663. The summed E-state index contributed by atoms with van der Waals surface area (Å²) in [5.74, 6) is 1.74. The number of hydrogen-bond acceptors (Lipinski definition) is 6. The van der Waals surface area contributed by atoms with E-state index in [0.717, 1.165) is 0 Å². The van der Waals surface area contributed by atoms with Crippen molar-refractivity contribution >= 4 is 5.91 Å². The quantitative estimate of drug-likeness (QED) is 0.899. The van der Waals surface area contributed by atoms with Crippen molar-refractivity contribution in [1.29, 1.82) is 0 Å². The number of nitrogens with zero attached hydrogens (tertiary/aromatic N) is 2. The fourth-order valence-electron chi connectivity index (χ4n) is 1.94. The van der Waals surface area contributed by atoms with Crippen molar-refractivity contribution in [3.8, 4) is 17.2 Å². The maximum Gasteiger partial charge on any atom is 0.271 e. The van der Waals surface area contributed by atoms with Crippen LogP contribution in [0.4, 0.5) is 0 Å². The number of rotatable bonds is 5. The second-order valence-corrected chi connectivity index (χ2v) is 4.79. The Kier molecular flexibility index (Phi) is 4.04. The average Bonchev–Trinajstić information content (AvgIpc) is 3.01. The largest absolute Gasteiger partial charge is 0.491 e. The second kappa shape index (κ2) is 6.30. The molecular weight excluding hydrogens is 286 g/mol. The van der Waals surface area contributed by atoms with Crippen molar-refractivity contribution in [2.75, 3.05) is 13.4 Å². The molecule has 0 fully saturated rings. The number of hydrogen-bond donors (Lipinski definition) is 1. The molecule has 0 saturated carbocycles. The third-order valence-electron chi connectivity index (χ3n) is 3.02. The number of ether oxygens (including phenoxy) is 3. The first-order valence-electron chi connectivity index (χ1n) is 6.82. The van der Waals surface area contributed by atoms with Crippen molar-refractivity contribution < 1.29 is 19.0 Å². The van der Waals surface area contributed by atoms with Gasteiger partial charge in [-0.3, -0.25) is 9.78 Å². The Morgan fingerprint density at radius 1 is 1.36 bits per heavy atom. The standard InChI is InChI=1S/C15H15N3O4/c1-10(18-15(19)12-7-16-4-5-17-12)8-20-11-2-3-13-14(6-11)22-9-21-13/h2-7,10H,8-9H2,1H3,(H,18,19)/t10-/m0/s1. The van der Waals surface area contributed by atoms with Crippen molar-refractivity contribution in [3.63, 3.8) is 0 Å². The lowest BCUT2D eigenvalue weighted by atomic mass is 10.3. The van der Waals surface area contributed by atoms with Gasteiger partial charge in [0.15, 0.2) is 11.5 Å². The van der Waals surface area contributed by atoms with E-state index < -0.39 is 0 Å². The van der Waals surface area contributed by atoms with Gasteiger partial charge in [0.05, 0.1) is 12.2 Å². The summed E-state index contributed by atoms with van der Waals surface area (Å²) in [6.07, 6.45) is 4.41. The lowest BCUT2D eigenvalue weighted by Gasteiger charge is -2.14. The minimum Gasteiger partial charge on any atom is -0.491 e. The van der Waals surface area contributed by atoms with Gasteiger partial charge in [0, 0.05) is 18.5 Å². The minimum atomic E-state index is -0.283. The molecule has 1 aliphatic heterocycles. The molecule has 7 nitrogen and oxygen atoms in total. The van der Waals surface area contributed by atoms with Crippen molar-refractivity contribution in [1.82, 2.24) is 15.3 Å². The summed E-state index contributed by atoms with van der Waals surface area (Å²) in [7, 11) is 0. The van der Waals surface area contributed by atoms with Gasteiger partial charge in [0.2, 0.25) is 6.79 Å². The first-order valence-corrected chi connectivity index (χ1v) is 6.82. The number of carbonyl (C=O) groups is 1. The fraction of sp³-hybridized carbons (Fsp3) is 0.267. The highest BCUT2D eigenvalue weighted by molar-refractivity contribution is 5.92. The average molecular weight is 301 g/mol. The molecule has 3 rings (SSSR count). The van der Waals surface area contributed by atoms with Gasteiger partial charge in [-0.25, -0.2) is 4.98 Å². The van der Waals surface area contributed by atoms with Crippen LogP contribution in [0.25, 0.3) is 0 Å². The number of nitrogens with one attached hydrogen (secondary N) is 1. The molecule has 1 aliphatic rings. The zero-order chi connectivity index (χ0) is 15.4. The second-order valence-electron chi connectivity index (χ2n) is 4.79. The highest BCUT2D eigenvalue weighted by atomic mass is 16.7. The lowest BCUT2D eigenvalue weighted by molar-refractivity contribution is 0.0921. The molecule has 114 valence electrons. The van der Waals surface area contributed by atoms with Crippen LogP contribution in [0.3, 0.4) is 0 Å². The molecule has 0 unspecified atom stereocenters. The summed E-state index contributed by atoms with van der Waals surface area (Å²) in [5, 5.41) is 2.80. The van der Waals surface area contributed by atoms with E-state index in [1.807, 2.05) is 6.92 Å². The molecule has 0 spiro atoms. The van der Waals surface area contributed by atoms with Crippen LogP contribution < -0.4 is 19.5 Å². The van der Waals surface area contributed by atoms with Crippen LogP contribution in [-0.2, 0) is 0 Å². The lowest BCUT2D eigenvalue weighted by Crippen LogP contribution is -2.37. The summed E-state index contributed by atoms with van der Waals surface area (Å²) in [5.41, 5.74) is 0.275. The van der Waals surface area contributed by atoms with E-state index in [2.05, 4.69) is 15.3 Å². The predicted octanol–water partition coefficient (Wildman–Crippen LogP) is 1.40. The highest BCUT2D eigenvalue weighted by Gasteiger charge is 2.15. The number of benzene rings is 1. The smallest absolute Gasteiger partial charge is 0.271 e. The SMILES string of the molecule is C[C@@H](COc1ccc2c(c1)OCO2)NC(=O)c1cnccn1. The van der Waals surface area contributed by atoms with Gasteiger partial charge < -0.3 is 19.5 Å². The molecule has 1 aromatic carbocycles. The number of fused-ring (bicyclic) bond motifs is 1. The molecule has 0 aliphatic carbocycles. The van der Waals surface area contributed by atoms with Gasteiger partial charge in [-0.05, 0) is 19.1 Å². The summed E-state index contributed by atoms with van der Waals surface area (Å²) in [4.78, 5) is 19.7. The van der Waals surface area contributed by atoms with Crippen LogP contribution >= 0.6 is 0 Å². The molecule has 1 amide bonds. The molecule has 1 N–H and O–H groups in total.